The van der Waals surface area contributed by atoms with Gasteiger partial charge in [-0.25, -0.2) is 0 Å². The molecule has 3 nitrogen and oxygen atoms in total. The zero-order chi connectivity index (χ0) is 11.7. The van der Waals surface area contributed by atoms with E-state index in [0.29, 0.717) is 0 Å². The van der Waals surface area contributed by atoms with Crippen LogP contribution in [0, 0.1) is 0 Å². The van der Waals surface area contributed by atoms with Crippen molar-refractivity contribution < 1.29 is 14.2 Å². The Morgan fingerprint density at radius 1 is 1.12 bits per heavy atom. The van der Waals surface area contributed by atoms with Gasteiger partial charge < -0.3 is 14.2 Å². The van der Waals surface area contributed by atoms with Crippen molar-refractivity contribution >= 4 is 12.6 Å². The molecule has 3 rings (SSSR count). The topological polar surface area (TPSA) is 27.7 Å². The molecule has 2 aliphatic rings. The number of hydrogen-bond donors (Lipinski definition) is 1. The Bertz CT molecular complexity index is 410. The molecule has 0 aromatic heterocycles. The maximum atomic E-state index is 5.71. The fraction of sp³-hybridized carbons (Fsp3) is 0.538. The Morgan fingerprint density at radius 2 is 1.88 bits per heavy atom. The summed E-state index contributed by atoms with van der Waals surface area (Å²) in [6.45, 7) is 2.94. The van der Waals surface area contributed by atoms with Crippen molar-refractivity contribution in [2.45, 2.75) is 11.8 Å². The third-order valence-corrected chi connectivity index (χ3v) is 4.02. The fourth-order valence-corrected chi connectivity index (χ4v) is 2.56. The van der Waals surface area contributed by atoms with E-state index in [-0.39, 0.29) is 5.41 Å². The summed E-state index contributed by atoms with van der Waals surface area (Å²) in [4.78, 5) is 0. The molecule has 92 valence electrons. The summed E-state index contributed by atoms with van der Waals surface area (Å²) in [6, 6.07) is 6.19. The minimum Gasteiger partial charge on any atom is -0.490 e. The molecule has 1 aromatic rings. The smallest absolute Gasteiger partial charge is 0.161 e. The van der Waals surface area contributed by atoms with E-state index in [1.165, 1.54) is 5.56 Å². The van der Waals surface area contributed by atoms with Crippen molar-refractivity contribution in [3.63, 3.8) is 0 Å². The molecule has 1 saturated heterocycles. The lowest BCUT2D eigenvalue weighted by Crippen LogP contribution is -2.48. The number of thiol groups is 1. The second-order valence-corrected chi connectivity index (χ2v) is 4.96. The summed E-state index contributed by atoms with van der Waals surface area (Å²) < 4.78 is 16.7. The largest absolute Gasteiger partial charge is 0.490 e. The molecule has 0 saturated carbocycles. The van der Waals surface area contributed by atoms with Gasteiger partial charge in [0.2, 0.25) is 0 Å². The fourth-order valence-electron chi connectivity index (χ4n) is 2.19. The lowest BCUT2D eigenvalue weighted by Gasteiger charge is -2.41. The van der Waals surface area contributed by atoms with E-state index in [4.69, 9.17) is 14.2 Å². The van der Waals surface area contributed by atoms with E-state index in [2.05, 4.69) is 24.8 Å². The molecule has 2 aliphatic heterocycles. The van der Waals surface area contributed by atoms with Crippen LogP contribution in [0.5, 0.6) is 11.5 Å². The van der Waals surface area contributed by atoms with Crippen LogP contribution in [0.25, 0.3) is 0 Å². The number of hydrogen-bond acceptors (Lipinski definition) is 4. The van der Waals surface area contributed by atoms with Gasteiger partial charge in [-0.15, -0.1) is 0 Å². The second kappa shape index (κ2) is 4.42. The highest BCUT2D eigenvalue weighted by Gasteiger charge is 2.39. The molecule has 17 heavy (non-hydrogen) atoms. The van der Waals surface area contributed by atoms with Gasteiger partial charge in [-0.05, 0) is 17.7 Å². The van der Waals surface area contributed by atoms with Crippen LogP contribution in [0.3, 0.4) is 0 Å². The third kappa shape index (κ3) is 1.89. The molecule has 2 heterocycles. The van der Waals surface area contributed by atoms with Gasteiger partial charge in [-0.3, -0.25) is 0 Å². The first kappa shape index (κ1) is 11.2. The molecular formula is C13H16O3S. The average Bonchev–Trinajstić information content (AvgIpc) is 2.53. The van der Waals surface area contributed by atoms with Crippen molar-refractivity contribution in [2.75, 3.05) is 32.2 Å². The molecule has 0 N–H and O–H groups in total. The van der Waals surface area contributed by atoms with E-state index < -0.39 is 0 Å². The van der Waals surface area contributed by atoms with Crippen LogP contribution < -0.4 is 9.47 Å². The molecule has 0 bridgehead atoms. The normalized spacial score (nSPS) is 21.5. The van der Waals surface area contributed by atoms with Gasteiger partial charge in [-0.2, -0.15) is 12.6 Å². The molecule has 1 aromatic carbocycles. The first-order chi connectivity index (χ1) is 8.34. The molecule has 1 fully saturated rings. The van der Waals surface area contributed by atoms with Crippen LogP contribution in [0.1, 0.15) is 12.0 Å². The number of fused-ring (bicyclic) bond motifs is 1. The Labute approximate surface area is 106 Å². The molecule has 0 amide bonds. The molecule has 0 unspecified atom stereocenters. The molecule has 0 spiro atoms. The lowest BCUT2D eigenvalue weighted by atomic mass is 9.80. The van der Waals surface area contributed by atoms with Gasteiger partial charge in [0, 0.05) is 12.2 Å². The Morgan fingerprint density at radius 3 is 2.53 bits per heavy atom. The van der Waals surface area contributed by atoms with E-state index in [1.54, 1.807) is 0 Å². The summed E-state index contributed by atoms with van der Waals surface area (Å²) in [5, 5.41) is 0. The molecule has 4 heteroatoms. The Hall–Kier alpha value is -0.870. The van der Waals surface area contributed by atoms with Gasteiger partial charge in [-0.1, -0.05) is 6.07 Å². The lowest BCUT2D eigenvalue weighted by molar-refractivity contribution is -0.0471. The zero-order valence-electron chi connectivity index (χ0n) is 9.65. The van der Waals surface area contributed by atoms with Crippen LogP contribution in [0.4, 0.5) is 0 Å². The molecule has 0 radical (unpaired) electrons. The number of rotatable bonds is 2. The average molecular weight is 252 g/mol. The predicted molar refractivity (Wildman–Crippen MR) is 68.4 cm³/mol. The summed E-state index contributed by atoms with van der Waals surface area (Å²) in [6.07, 6.45) is 0.935. The second-order valence-electron chi connectivity index (χ2n) is 4.64. The third-order valence-electron chi connectivity index (χ3n) is 3.42. The van der Waals surface area contributed by atoms with E-state index in [1.807, 2.05) is 6.07 Å². The van der Waals surface area contributed by atoms with Crippen molar-refractivity contribution in [3.8, 4) is 11.5 Å². The SMILES string of the molecule is SCC1(c2ccc3c(c2)OCCCO3)COC1. The van der Waals surface area contributed by atoms with E-state index >= 15 is 0 Å². The minimum atomic E-state index is 0.0633. The van der Waals surface area contributed by atoms with Crippen molar-refractivity contribution in [3.05, 3.63) is 23.8 Å². The zero-order valence-corrected chi connectivity index (χ0v) is 10.5. The molecule has 0 atom stereocenters. The number of ether oxygens (including phenoxy) is 3. The highest BCUT2D eigenvalue weighted by molar-refractivity contribution is 7.80. The van der Waals surface area contributed by atoms with E-state index in [0.717, 1.165) is 50.1 Å². The predicted octanol–water partition coefficient (Wildman–Crippen LogP) is 2.05. The van der Waals surface area contributed by atoms with Gasteiger partial charge in [0.15, 0.2) is 11.5 Å². The number of benzene rings is 1. The van der Waals surface area contributed by atoms with Gasteiger partial charge >= 0.3 is 0 Å². The van der Waals surface area contributed by atoms with Gasteiger partial charge in [0.05, 0.1) is 31.8 Å². The van der Waals surface area contributed by atoms with Crippen LogP contribution in [-0.4, -0.2) is 32.2 Å². The van der Waals surface area contributed by atoms with Crippen molar-refractivity contribution in [1.29, 1.82) is 0 Å². The highest BCUT2D eigenvalue weighted by Crippen LogP contribution is 2.39. The van der Waals surface area contributed by atoms with Gasteiger partial charge in [0.1, 0.15) is 0 Å². The summed E-state index contributed by atoms with van der Waals surface area (Å²) in [5.41, 5.74) is 1.30. The van der Waals surface area contributed by atoms with Crippen molar-refractivity contribution in [2.24, 2.45) is 0 Å². The molecular weight excluding hydrogens is 236 g/mol. The standard InChI is InChI=1S/C13H16O3S/c17-9-13(7-14-8-13)10-2-3-11-12(6-10)16-5-1-4-15-11/h2-3,6,17H,1,4-5,7-9H2. The van der Waals surface area contributed by atoms with Gasteiger partial charge in [0.25, 0.3) is 0 Å². The first-order valence-corrected chi connectivity index (χ1v) is 6.56. The van der Waals surface area contributed by atoms with Crippen LogP contribution >= 0.6 is 12.6 Å². The van der Waals surface area contributed by atoms with Crippen molar-refractivity contribution in [1.82, 2.24) is 0 Å². The maximum absolute atomic E-state index is 5.71. The van der Waals surface area contributed by atoms with Crippen LogP contribution in [0.15, 0.2) is 18.2 Å². The summed E-state index contributed by atoms with van der Waals surface area (Å²) >= 11 is 4.44. The molecule has 0 aliphatic carbocycles. The van der Waals surface area contributed by atoms with Crippen LogP contribution in [0.2, 0.25) is 0 Å². The quantitative estimate of drug-likeness (QED) is 0.816. The maximum Gasteiger partial charge on any atom is 0.161 e. The first-order valence-electron chi connectivity index (χ1n) is 5.93. The Kier molecular flexibility index (Phi) is 2.92. The Balaban J connectivity index is 1.94. The summed E-state index contributed by atoms with van der Waals surface area (Å²) in [7, 11) is 0. The van der Waals surface area contributed by atoms with Crippen LogP contribution in [-0.2, 0) is 10.2 Å². The van der Waals surface area contributed by atoms with E-state index in [9.17, 15) is 0 Å². The monoisotopic (exact) mass is 252 g/mol. The highest BCUT2D eigenvalue weighted by atomic mass is 32.1. The minimum absolute atomic E-state index is 0.0633. The summed E-state index contributed by atoms with van der Waals surface area (Å²) in [5.74, 6) is 2.50.